The van der Waals surface area contributed by atoms with Gasteiger partial charge in [0.05, 0.1) is 0 Å². The summed E-state index contributed by atoms with van der Waals surface area (Å²) >= 11 is 5.47. The lowest BCUT2D eigenvalue weighted by molar-refractivity contribution is 0.521. The molecule has 8 nitrogen and oxygen atoms in total. The van der Waals surface area contributed by atoms with Gasteiger partial charge in [-0.15, -0.1) is 0 Å². The van der Waals surface area contributed by atoms with Crippen molar-refractivity contribution in [3.8, 4) is 0 Å². The SMILES string of the molecule is CCCCCn1c(=O)n(CCCCC2=IOC(Cc3ccccc3)=N2)c(=O)c2[nH]c(Cl)nc21. The van der Waals surface area contributed by atoms with Gasteiger partial charge in [0.1, 0.15) is 24.8 Å². The van der Waals surface area contributed by atoms with Crippen LogP contribution >= 0.6 is 32.7 Å². The van der Waals surface area contributed by atoms with Crippen LogP contribution in [0.1, 0.15) is 51.0 Å². The Hall–Kier alpha value is -2.27. The minimum Gasteiger partial charge on any atom is -0.419 e. The second kappa shape index (κ2) is 11.2. The summed E-state index contributed by atoms with van der Waals surface area (Å²) in [6.07, 6.45) is 5.96. The van der Waals surface area contributed by atoms with Gasteiger partial charge < -0.3 is 8.05 Å². The lowest BCUT2D eigenvalue weighted by atomic mass is 10.1. The number of unbranched alkanes of at least 4 members (excludes halogenated alkanes) is 3. The topological polar surface area (TPSA) is 94.3 Å². The molecular weight excluding hydrogens is 557 g/mol. The first-order valence-corrected chi connectivity index (χ1v) is 13.6. The third kappa shape index (κ3) is 5.81. The molecule has 10 heteroatoms. The van der Waals surface area contributed by atoms with E-state index in [1.165, 1.54) is 10.1 Å². The van der Waals surface area contributed by atoms with Crippen molar-refractivity contribution in [1.82, 2.24) is 19.1 Å². The number of aliphatic imine (C=N–C) groups is 1. The molecule has 0 radical (unpaired) electrons. The van der Waals surface area contributed by atoms with Crippen LogP contribution in [0.15, 0.2) is 44.9 Å². The van der Waals surface area contributed by atoms with E-state index in [4.69, 9.17) is 14.7 Å². The Bertz CT molecular complexity index is 1290. The third-order valence-electron chi connectivity index (χ3n) is 5.49. The highest BCUT2D eigenvalue weighted by molar-refractivity contribution is 14.2. The molecule has 176 valence electrons. The van der Waals surface area contributed by atoms with Crippen LogP contribution < -0.4 is 11.2 Å². The number of hydrogen-bond donors (Lipinski definition) is 1. The van der Waals surface area contributed by atoms with E-state index in [-0.39, 0.29) is 22.0 Å². The fourth-order valence-corrected chi connectivity index (χ4v) is 5.69. The van der Waals surface area contributed by atoms with Crippen molar-refractivity contribution in [2.75, 3.05) is 0 Å². The Balaban J connectivity index is 1.39. The number of nitrogens with zero attached hydrogens (tertiary/aromatic N) is 4. The zero-order chi connectivity index (χ0) is 23.2. The standard InChI is InChI=1S/C23H27ClIN5O3/c1-2-3-8-13-29-20-19(27-22(24)28-20)21(31)30(23(29)32)14-9-7-12-17-25-33-18(26-17)15-16-10-5-4-6-11-16/h4-6,10-11H,2-3,7-9,12-15H2,1H3,(H,27,28). The number of rotatable bonds is 11. The van der Waals surface area contributed by atoms with E-state index in [0.717, 1.165) is 41.6 Å². The summed E-state index contributed by atoms with van der Waals surface area (Å²) in [5, 5.41) is 0.120. The molecule has 4 rings (SSSR count). The Morgan fingerprint density at radius 3 is 2.61 bits per heavy atom. The highest BCUT2D eigenvalue weighted by Crippen LogP contribution is 2.20. The minimum atomic E-state index is -0.533. The van der Waals surface area contributed by atoms with Gasteiger partial charge in [0, 0.05) is 19.5 Å². The van der Waals surface area contributed by atoms with E-state index < -0.39 is 21.1 Å². The molecule has 3 heterocycles. The van der Waals surface area contributed by atoms with E-state index >= 15 is 0 Å². The quantitative estimate of drug-likeness (QED) is 0.203. The maximum atomic E-state index is 13.1. The average molecular weight is 584 g/mol. The summed E-state index contributed by atoms with van der Waals surface area (Å²) in [4.78, 5) is 37.6. The molecule has 0 fully saturated rings. The third-order valence-corrected chi connectivity index (χ3v) is 7.69. The van der Waals surface area contributed by atoms with Crippen molar-refractivity contribution in [1.29, 1.82) is 0 Å². The van der Waals surface area contributed by atoms with E-state index in [1.54, 1.807) is 4.57 Å². The Morgan fingerprint density at radius 1 is 1.06 bits per heavy atom. The number of halogens is 2. The molecule has 0 spiro atoms. The first-order valence-electron chi connectivity index (χ1n) is 11.2. The van der Waals surface area contributed by atoms with Gasteiger partial charge in [0.25, 0.3) is 5.56 Å². The minimum absolute atomic E-state index is 0.120. The zero-order valence-corrected chi connectivity index (χ0v) is 21.4. The highest BCUT2D eigenvalue weighted by Gasteiger charge is 2.17. The van der Waals surface area contributed by atoms with Gasteiger partial charge in [-0.25, -0.2) is 9.79 Å². The molecule has 1 aromatic carbocycles. The highest BCUT2D eigenvalue weighted by atomic mass is 127. The summed E-state index contributed by atoms with van der Waals surface area (Å²) < 4.78 is 9.81. The number of aryl methyl sites for hydroxylation is 1. The molecular formula is C23H27ClIN5O3. The lowest BCUT2D eigenvalue weighted by Gasteiger charge is -2.11. The van der Waals surface area contributed by atoms with Crippen LogP contribution in [0.2, 0.25) is 5.28 Å². The number of hydrogen-bond acceptors (Lipinski definition) is 5. The first-order chi connectivity index (χ1) is 16.1. The molecule has 3 aromatic rings. The van der Waals surface area contributed by atoms with Crippen LogP contribution in [0, 0.1) is 0 Å². The van der Waals surface area contributed by atoms with Gasteiger partial charge in [-0.2, -0.15) is 4.98 Å². The molecule has 2 aromatic heterocycles. The van der Waals surface area contributed by atoms with E-state index in [0.29, 0.717) is 31.6 Å². The summed E-state index contributed by atoms with van der Waals surface area (Å²) in [6, 6.07) is 10.2. The molecule has 0 saturated carbocycles. The van der Waals surface area contributed by atoms with Crippen LogP contribution in [0.25, 0.3) is 11.2 Å². The van der Waals surface area contributed by atoms with Crippen molar-refractivity contribution in [3.63, 3.8) is 0 Å². The molecule has 33 heavy (non-hydrogen) atoms. The molecule has 0 saturated heterocycles. The predicted octanol–water partition coefficient (Wildman–Crippen LogP) is 4.59. The van der Waals surface area contributed by atoms with Crippen LogP contribution in [-0.4, -0.2) is 28.6 Å². The fourth-order valence-electron chi connectivity index (χ4n) is 3.79. The summed E-state index contributed by atoms with van der Waals surface area (Å²) in [6.45, 7) is 2.98. The number of fused-ring (bicyclic) bond motifs is 1. The van der Waals surface area contributed by atoms with Gasteiger partial charge >= 0.3 is 5.69 Å². The molecule has 1 N–H and O–H groups in total. The Labute approximate surface area is 207 Å². The molecule has 0 aliphatic carbocycles. The number of H-pyrrole nitrogens is 1. The van der Waals surface area contributed by atoms with Crippen molar-refractivity contribution >= 4 is 53.4 Å². The molecule has 1 aliphatic rings. The van der Waals surface area contributed by atoms with Crippen LogP contribution in [0.5, 0.6) is 0 Å². The fraction of sp³-hybridized carbons (Fsp3) is 0.435. The number of aromatic amines is 1. The number of imidazole rings is 1. The molecule has 0 amide bonds. The normalized spacial score (nSPS) is 13.5. The number of aromatic nitrogens is 4. The monoisotopic (exact) mass is 583 g/mol. The zero-order valence-electron chi connectivity index (χ0n) is 18.5. The van der Waals surface area contributed by atoms with Gasteiger partial charge in [0.2, 0.25) is 11.2 Å². The summed E-state index contributed by atoms with van der Waals surface area (Å²) in [5.41, 5.74) is 1.12. The molecule has 0 unspecified atom stereocenters. The van der Waals surface area contributed by atoms with Crippen molar-refractivity contribution in [2.45, 2.75) is 65.0 Å². The number of benzene rings is 1. The van der Waals surface area contributed by atoms with Crippen LogP contribution in [0.4, 0.5) is 0 Å². The van der Waals surface area contributed by atoms with E-state index in [2.05, 4.69) is 34.0 Å². The van der Waals surface area contributed by atoms with E-state index in [1.807, 2.05) is 18.2 Å². The second-order valence-electron chi connectivity index (χ2n) is 7.98. The number of nitrogens with one attached hydrogen (secondary N) is 1. The van der Waals surface area contributed by atoms with Gasteiger partial charge in [-0.3, -0.25) is 13.9 Å². The van der Waals surface area contributed by atoms with Crippen LogP contribution in [-0.2, 0) is 22.6 Å². The van der Waals surface area contributed by atoms with Crippen molar-refractivity contribution in [2.24, 2.45) is 4.99 Å². The average Bonchev–Trinajstić information content (AvgIpc) is 3.42. The largest absolute Gasteiger partial charge is 0.419 e. The molecule has 0 bridgehead atoms. The van der Waals surface area contributed by atoms with Gasteiger partial charge in [0.15, 0.2) is 11.2 Å². The summed E-state index contributed by atoms with van der Waals surface area (Å²) in [7, 11) is 0. The summed E-state index contributed by atoms with van der Waals surface area (Å²) in [5.74, 6) is 0.789. The smallest absolute Gasteiger partial charge is 0.332 e. The Kier molecular flexibility index (Phi) is 8.13. The van der Waals surface area contributed by atoms with Gasteiger partial charge in [-0.1, -0.05) is 50.1 Å². The first kappa shape index (κ1) is 23.9. The maximum absolute atomic E-state index is 13.1. The van der Waals surface area contributed by atoms with Gasteiger partial charge in [-0.05, 0) is 42.8 Å². The molecule has 0 atom stereocenters. The molecule has 1 aliphatic heterocycles. The Morgan fingerprint density at radius 2 is 1.82 bits per heavy atom. The predicted molar refractivity (Wildman–Crippen MR) is 141 cm³/mol. The second-order valence-corrected chi connectivity index (χ2v) is 10.5. The maximum Gasteiger partial charge on any atom is 0.332 e. The van der Waals surface area contributed by atoms with Crippen LogP contribution in [0.3, 0.4) is 0 Å². The lowest BCUT2D eigenvalue weighted by Crippen LogP contribution is -2.40. The van der Waals surface area contributed by atoms with Crippen molar-refractivity contribution < 1.29 is 3.07 Å². The van der Waals surface area contributed by atoms with E-state index in [9.17, 15) is 9.59 Å². The van der Waals surface area contributed by atoms with Crippen molar-refractivity contribution in [3.05, 3.63) is 62.0 Å².